The molecule has 1 heteroatoms. The molecule has 0 spiro atoms. The summed E-state index contributed by atoms with van der Waals surface area (Å²) < 4.78 is 0. The van der Waals surface area contributed by atoms with E-state index in [1.54, 1.807) is 0 Å². The van der Waals surface area contributed by atoms with E-state index in [9.17, 15) is 5.11 Å². The van der Waals surface area contributed by atoms with Crippen LogP contribution in [0.5, 0.6) is 0 Å². The van der Waals surface area contributed by atoms with Gasteiger partial charge in [0.15, 0.2) is 0 Å². The van der Waals surface area contributed by atoms with Crippen LogP contribution in [0.25, 0.3) is 10.8 Å². The third-order valence-corrected chi connectivity index (χ3v) is 5.10. The van der Waals surface area contributed by atoms with Crippen LogP contribution in [-0.2, 0) is 0 Å². The van der Waals surface area contributed by atoms with Crippen molar-refractivity contribution in [2.45, 2.75) is 25.9 Å². The Hall–Kier alpha value is -2.64. The molecule has 0 heterocycles. The van der Waals surface area contributed by atoms with Crippen LogP contribution >= 0.6 is 0 Å². The van der Waals surface area contributed by atoms with Crippen molar-refractivity contribution < 1.29 is 5.11 Å². The van der Waals surface area contributed by atoms with Crippen LogP contribution < -0.4 is 0 Å². The lowest BCUT2D eigenvalue weighted by Gasteiger charge is -2.22. The lowest BCUT2D eigenvalue weighted by Crippen LogP contribution is -2.08. The Labute approximate surface area is 148 Å². The molecule has 0 bridgehead atoms. The van der Waals surface area contributed by atoms with Crippen molar-refractivity contribution in [2.24, 2.45) is 0 Å². The number of hydrogen-bond donors (Lipinski definition) is 1. The average molecular weight is 326 g/mol. The van der Waals surface area contributed by atoms with E-state index >= 15 is 0 Å². The van der Waals surface area contributed by atoms with Crippen LogP contribution in [0.15, 0.2) is 90.0 Å². The van der Waals surface area contributed by atoms with E-state index in [1.165, 1.54) is 16.7 Å². The Morgan fingerprint density at radius 2 is 1.56 bits per heavy atom. The number of fused-ring (bicyclic) bond motifs is 1. The maximum absolute atomic E-state index is 11.2. The second-order valence-electron chi connectivity index (χ2n) is 6.88. The van der Waals surface area contributed by atoms with Crippen LogP contribution in [0.1, 0.15) is 42.6 Å². The molecule has 1 aliphatic rings. The van der Waals surface area contributed by atoms with Gasteiger partial charge in [-0.3, -0.25) is 0 Å². The Kier molecular flexibility index (Phi) is 4.03. The molecule has 0 aromatic heterocycles. The van der Waals surface area contributed by atoms with E-state index in [1.807, 2.05) is 42.5 Å². The second kappa shape index (κ2) is 6.34. The summed E-state index contributed by atoms with van der Waals surface area (Å²) in [6.07, 6.45) is 3.89. The highest BCUT2D eigenvalue weighted by molar-refractivity contribution is 5.88. The van der Waals surface area contributed by atoms with Gasteiger partial charge in [-0.25, -0.2) is 0 Å². The molecular formula is C24H22O. The third kappa shape index (κ3) is 2.81. The van der Waals surface area contributed by atoms with Gasteiger partial charge in [0, 0.05) is 5.92 Å². The smallest absolute Gasteiger partial charge is 0.105 e. The SMILES string of the molecule is CC1=CC(c2ccc3ccccc3c2C(O)c2ccccc2)C(C)=C1. The third-order valence-electron chi connectivity index (χ3n) is 5.10. The summed E-state index contributed by atoms with van der Waals surface area (Å²) in [6, 6.07) is 22.6. The topological polar surface area (TPSA) is 20.2 Å². The van der Waals surface area contributed by atoms with Gasteiger partial charge in [0.25, 0.3) is 0 Å². The largest absolute Gasteiger partial charge is 0.384 e. The number of allylic oxidation sites excluding steroid dienone is 4. The number of benzene rings is 3. The fourth-order valence-corrected chi connectivity index (χ4v) is 3.92. The van der Waals surface area contributed by atoms with Crippen LogP contribution in [0, 0.1) is 0 Å². The molecule has 4 rings (SSSR count). The molecule has 0 saturated carbocycles. The molecular weight excluding hydrogens is 304 g/mol. The first-order valence-corrected chi connectivity index (χ1v) is 8.76. The molecule has 1 nitrogen and oxygen atoms in total. The second-order valence-corrected chi connectivity index (χ2v) is 6.88. The quantitative estimate of drug-likeness (QED) is 0.634. The summed E-state index contributed by atoms with van der Waals surface area (Å²) in [5.41, 5.74) is 5.76. The first kappa shape index (κ1) is 15.9. The molecule has 2 unspecified atom stereocenters. The summed E-state index contributed by atoms with van der Waals surface area (Å²) >= 11 is 0. The predicted octanol–water partition coefficient (Wildman–Crippen LogP) is 5.91. The normalized spacial score (nSPS) is 18.1. The molecule has 1 aliphatic carbocycles. The molecule has 3 aromatic rings. The zero-order valence-corrected chi connectivity index (χ0v) is 14.6. The minimum Gasteiger partial charge on any atom is -0.384 e. The van der Waals surface area contributed by atoms with Gasteiger partial charge in [0.2, 0.25) is 0 Å². The van der Waals surface area contributed by atoms with Gasteiger partial charge in [-0.1, -0.05) is 90.0 Å². The van der Waals surface area contributed by atoms with E-state index < -0.39 is 6.10 Å². The van der Waals surface area contributed by atoms with Crippen molar-refractivity contribution in [3.8, 4) is 0 Å². The predicted molar refractivity (Wildman–Crippen MR) is 105 cm³/mol. The van der Waals surface area contributed by atoms with E-state index in [0.717, 1.165) is 21.9 Å². The molecule has 1 N–H and O–H groups in total. The van der Waals surface area contributed by atoms with Gasteiger partial charge in [0.1, 0.15) is 6.10 Å². The monoisotopic (exact) mass is 326 g/mol. The molecule has 0 saturated heterocycles. The standard InChI is InChI=1S/C24H22O/c1-16-14-17(2)22(15-16)21-13-12-18-8-6-7-11-20(18)23(21)24(25)19-9-4-3-5-10-19/h3-15,22,24-25H,1-2H3. The van der Waals surface area contributed by atoms with E-state index in [2.05, 4.69) is 50.3 Å². The number of rotatable bonds is 3. The van der Waals surface area contributed by atoms with Gasteiger partial charge >= 0.3 is 0 Å². The van der Waals surface area contributed by atoms with Crippen molar-refractivity contribution in [2.75, 3.05) is 0 Å². The van der Waals surface area contributed by atoms with Crippen LogP contribution in [0.3, 0.4) is 0 Å². The molecule has 0 fully saturated rings. The zero-order valence-electron chi connectivity index (χ0n) is 14.6. The van der Waals surface area contributed by atoms with Crippen molar-refractivity contribution in [1.82, 2.24) is 0 Å². The van der Waals surface area contributed by atoms with Crippen molar-refractivity contribution in [3.63, 3.8) is 0 Å². The lowest BCUT2D eigenvalue weighted by atomic mass is 9.84. The molecule has 2 atom stereocenters. The van der Waals surface area contributed by atoms with Gasteiger partial charge in [0.05, 0.1) is 0 Å². The number of aliphatic hydroxyl groups is 1. The Bertz CT molecular complexity index is 979. The summed E-state index contributed by atoms with van der Waals surface area (Å²) in [6.45, 7) is 4.31. The van der Waals surface area contributed by atoms with Crippen LogP contribution in [0.4, 0.5) is 0 Å². The highest BCUT2D eigenvalue weighted by atomic mass is 16.3. The van der Waals surface area contributed by atoms with E-state index in [0.29, 0.717) is 0 Å². The highest BCUT2D eigenvalue weighted by Crippen LogP contribution is 2.41. The first-order chi connectivity index (χ1) is 12.1. The van der Waals surface area contributed by atoms with E-state index in [-0.39, 0.29) is 5.92 Å². The molecule has 0 amide bonds. The van der Waals surface area contributed by atoms with Gasteiger partial charge in [-0.15, -0.1) is 0 Å². The van der Waals surface area contributed by atoms with E-state index in [4.69, 9.17) is 0 Å². The van der Waals surface area contributed by atoms with Crippen molar-refractivity contribution >= 4 is 10.8 Å². The van der Waals surface area contributed by atoms with Crippen molar-refractivity contribution in [3.05, 3.63) is 107 Å². The molecule has 124 valence electrons. The van der Waals surface area contributed by atoms with Crippen molar-refractivity contribution in [1.29, 1.82) is 0 Å². The molecule has 3 aromatic carbocycles. The Balaban J connectivity index is 1.96. The van der Waals surface area contributed by atoms with Crippen LogP contribution in [-0.4, -0.2) is 5.11 Å². The average Bonchev–Trinajstić information content (AvgIpc) is 2.99. The lowest BCUT2D eigenvalue weighted by molar-refractivity contribution is 0.220. The zero-order chi connectivity index (χ0) is 17.4. The minimum atomic E-state index is -0.635. The Morgan fingerprint density at radius 1 is 0.840 bits per heavy atom. The van der Waals surface area contributed by atoms with Gasteiger partial charge in [-0.2, -0.15) is 0 Å². The Morgan fingerprint density at radius 3 is 2.28 bits per heavy atom. The van der Waals surface area contributed by atoms with Gasteiger partial charge < -0.3 is 5.11 Å². The molecule has 0 radical (unpaired) electrons. The fourth-order valence-electron chi connectivity index (χ4n) is 3.92. The molecule has 25 heavy (non-hydrogen) atoms. The maximum atomic E-state index is 11.2. The summed E-state index contributed by atoms with van der Waals surface area (Å²) in [4.78, 5) is 0. The van der Waals surface area contributed by atoms with Gasteiger partial charge in [-0.05, 0) is 41.3 Å². The minimum absolute atomic E-state index is 0.234. The number of hydrogen-bond acceptors (Lipinski definition) is 1. The van der Waals surface area contributed by atoms with Crippen LogP contribution in [0.2, 0.25) is 0 Å². The molecule has 0 aliphatic heterocycles. The summed E-state index contributed by atoms with van der Waals surface area (Å²) in [5, 5.41) is 13.5. The summed E-state index contributed by atoms with van der Waals surface area (Å²) in [5.74, 6) is 0.234. The summed E-state index contributed by atoms with van der Waals surface area (Å²) in [7, 11) is 0. The fraction of sp³-hybridized carbons (Fsp3) is 0.167. The number of aliphatic hydroxyl groups excluding tert-OH is 1. The maximum Gasteiger partial charge on any atom is 0.105 e. The first-order valence-electron chi connectivity index (χ1n) is 8.76. The highest BCUT2D eigenvalue weighted by Gasteiger charge is 2.24.